The van der Waals surface area contributed by atoms with E-state index in [1.807, 2.05) is 0 Å². The molecule has 1 atom stereocenters. The molecule has 0 saturated carbocycles. The van der Waals surface area contributed by atoms with E-state index in [4.69, 9.17) is 0 Å². The number of hydrogen-bond donors (Lipinski definition) is 0. The maximum Gasteiger partial charge on any atom is 0.275 e. The van der Waals surface area contributed by atoms with Gasteiger partial charge in [0.1, 0.15) is 12.0 Å². The number of carbonyl (C=O) groups excluding carboxylic acids is 1. The fourth-order valence-electron chi connectivity index (χ4n) is 2.31. The average molecular weight is 270 g/mol. The Bertz CT molecular complexity index is 499. The number of benzene rings is 1. The van der Waals surface area contributed by atoms with Gasteiger partial charge >= 0.3 is 0 Å². The largest absolute Gasteiger partial charge is 0.357 e. The van der Waals surface area contributed by atoms with E-state index in [0.29, 0.717) is 31.4 Å². The van der Waals surface area contributed by atoms with Crippen molar-refractivity contribution < 1.29 is 18.5 Å². The van der Waals surface area contributed by atoms with Crippen LogP contribution < -0.4 is 4.90 Å². The molecule has 19 heavy (non-hydrogen) atoms. The van der Waals surface area contributed by atoms with E-state index < -0.39 is 28.3 Å². The molecular weight excluding hydrogens is 258 g/mol. The molecular formula is C12H12F2N2O3. The van der Waals surface area contributed by atoms with Crippen molar-refractivity contribution >= 4 is 17.7 Å². The van der Waals surface area contributed by atoms with Crippen molar-refractivity contribution in [3.8, 4) is 0 Å². The highest BCUT2D eigenvalue weighted by molar-refractivity contribution is 5.67. The van der Waals surface area contributed by atoms with Crippen LogP contribution in [0.2, 0.25) is 0 Å². The van der Waals surface area contributed by atoms with Gasteiger partial charge in [0.25, 0.3) is 5.69 Å². The zero-order valence-electron chi connectivity index (χ0n) is 10.0. The summed E-state index contributed by atoms with van der Waals surface area (Å²) in [6.45, 7) is 0.356. The first kappa shape index (κ1) is 13.4. The van der Waals surface area contributed by atoms with Gasteiger partial charge in [0.2, 0.25) is 0 Å². The Hall–Kier alpha value is -2.05. The van der Waals surface area contributed by atoms with Gasteiger partial charge in [-0.25, -0.2) is 8.78 Å². The van der Waals surface area contributed by atoms with E-state index in [2.05, 4.69) is 0 Å². The first-order chi connectivity index (χ1) is 9.04. The molecule has 0 aromatic heterocycles. The van der Waals surface area contributed by atoms with Crippen LogP contribution in [0.15, 0.2) is 12.1 Å². The summed E-state index contributed by atoms with van der Waals surface area (Å²) in [7, 11) is 0. The lowest BCUT2D eigenvalue weighted by atomic mass is 10.0. The lowest BCUT2D eigenvalue weighted by molar-refractivity contribution is -0.385. The second-order valence-corrected chi connectivity index (χ2v) is 4.41. The van der Waals surface area contributed by atoms with Gasteiger partial charge < -0.3 is 9.69 Å². The Kier molecular flexibility index (Phi) is 3.73. The van der Waals surface area contributed by atoms with Crippen LogP contribution in [-0.2, 0) is 4.79 Å². The van der Waals surface area contributed by atoms with Crippen molar-refractivity contribution in [1.82, 2.24) is 0 Å². The van der Waals surface area contributed by atoms with Gasteiger partial charge in [0.15, 0.2) is 11.6 Å². The smallest absolute Gasteiger partial charge is 0.275 e. The second-order valence-electron chi connectivity index (χ2n) is 4.41. The summed E-state index contributed by atoms with van der Waals surface area (Å²) >= 11 is 0. The highest BCUT2D eigenvalue weighted by Crippen LogP contribution is 2.32. The summed E-state index contributed by atoms with van der Waals surface area (Å²) in [6.07, 6.45) is 2.72. The van der Waals surface area contributed by atoms with Crippen LogP contribution in [0.4, 0.5) is 20.2 Å². The Balaban J connectivity index is 2.44. The number of nitro benzene ring substituents is 1. The molecule has 0 spiro atoms. The molecule has 1 saturated heterocycles. The van der Waals surface area contributed by atoms with Gasteiger partial charge in [0.05, 0.1) is 23.1 Å². The number of halogens is 2. The van der Waals surface area contributed by atoms with Gasteiger partial charge in [-0.1, -0.05) is 0 Å². The van der Waals surface area contributed by atoms with Crippen LogP contribution in [0, 0.1) is 21.7 Å². The molecule has 1 aromatic rings. The predicted molar refractivity (Wildman–Crippen MR) is 64.1 cm³/mol. The molecule has 0 amide bonds. The number of non-ortho nitro benzene ring substituents is 1. The van der Waals surface area contributed by atoms with Gasteiger partial charge in [-0.3, -0.25) is 10.1 Å². The molecule has 1 fully saturated rings. The monoisotopic (exact) mass is 270 g/mol. The molecule has 2 rings (SSSR count). The van der Waals surface area contributed by atoms with Gasteiger partial charge in [-0.05, 0) is 19.3 Å². The molecule has 7 heteroatoms. The minimum Gasteiger partial charge on any atom is -0.357 e. The van der Waals surface area contributed by atoms with Crippen molar-refractivity contribution in [1.29, 1.82) is 0 Å². The number of nitro groups is 1. The Morgan fingerprint density at radius 2 is 1.95 bits per heavy atom. The van der Waals surface area contributed by atoms with Gasteiger partial charge in [0, 0.05) is 6.54 Å². The van der Waals surface area contributed by atoms with Crippen molar-refractivity contribution in [3.63, 3.8) is 0 Å². The zero-order valence-corrected chi connectivity index (χ0v) is 10.0. The lowest BCUT2D eigenvalue weighted by Gasteiger charge is -2.34. The topological polar surface area (TPSA) is 63.5 Å². The first-order valence-electron chi connectivity index (χ1n) is 5.90. The van der Waals surface area contributed by atoms with E-state index in [9.17, 15) is 23.7 Å². The van der Waals surface area contributed by atoms with E-state index in [0.717, 1.165) is 12.8 Å². The SMILES string of the molecule is O=CC1CCCCN1c1c(F)cc([N+](=O)[O-])cc1F. The van der Waals surface area contributed by atoms with E-state index >= 15 is 0 Å². The summed E-state index contributed by atoms with van der Waals surface area (Å²) in [5.74, 6) is -2.03. The number of rotatable bonds is 3. The highest BCUT2D eigenvalue weighted by Gasteiger charge is 2.28. The van der Waals surface area contributed by atoms with Gasteiger partial charge in [-0.2, -0.15) is 0 Å². The predicted octanol–water partition coefficient (Wildman–Crippen LogP) is 2.43. The zero-order chi connectivity index (χ0) is 14.0. The summed E-state index contributed by atoms with van der Waals surface area (Å²) in [4.78, 5) is 21.9. The van der Waals surface area contributed by atoms with E-state index in [1.165, 1.54) is 4.90 Å². The average Bonchev–Trinajstić information content (AvgIpc) is 2.38. The van der Waals surface area contributed by atoms with Crippen LogP contribution in [0.1, 0.15) is 19.3 Å². The molecule has 1 unspecified atom stereocenters. The Labute approximate surface area is 108 Å². The number of nitrogens with zero attached hydrogens (tertiary/aromatic N) is 2. The standard InChI is InChI=1S/C12H12F2N2O3/c13-10-5-9(16(18)19)6-11(14)12(10)15-4-2-1-3-8(15)7-17/h5-8H,1-4H2. The molecule has 102 valence electrons. The highest BCUT2D eigenvalue weighted by atomic mass is 19.1. The Morgan fingerprint density at radius 1 is 1.32 bits per heavy atom. The third-order valence-corrected chi connectivity index (χ3v) is 3.21. The number of anilines is 1. The second kappa shape index (κ2) is 5.29. The third kappa shape index (κ3) is 2.54. The van der Waals surface area contributed by atoms with Crippen LogP contribution in [0.25, 0.3) is 0 Å². The van der Waals surface area contributed by atoms with Crippen molar-refractivity contribution in [2.45, 2.75) is 25.3 Å². The molecule has 0 aliphatic carbocycles. The molecule has 5 nitrogen and oxygen atoms in total. The summed E-state index contributed by atoms with van der Waals surface area (Å²) in [5.41, 5.74) is -0.999. The normalized spacial score (nSPS) is 19.3. The summed E-state index contributed by atoms with van der Waals surface area (Å²) < 4.78 is 27.7. The number of aldehydes is 1. The molecule has 0 radical (unpaired) electrons. The molecule has 1 aliphatic rings. The molecule has 1 aliphatic heterocycles. The maximum absolute atomic E-state index is 13.9. The first-order valence-corrected chi connectivity index (χ1v) is 5.90. The number of hydrogen-bond acceptors (Lipinski definition) is 4. The van der Waals surface area contributed by atoms with Crippen LogP contribution >= 0.6 is 0 Å². The molecule has 0 N–H and O–H groups in total. The molecule has 1 aromatic carbocycles. The van der Waals surface area contributed by atoms with Crippen LogP contribution in [0.3, 0.4) is 0 Å². The maximum atomic E-state index is 13.9. The molecule has 1 heterocycles. The van der Waals surface area contributed by atoms with Crippen molar-refractivity contribution in [2.75, 3.05) is 11.4 Å². The summed E-state index contributed by atoms with van der Waals surface area (Å²) in [5, 5.41) is 10.5. The number of piperidine rings is 1. The van der Waals surface area contributed by atoms with E-state index in [-0.39, 0.29) is 5.69 Å². The van der Waals surface area contributed by atoms with E-state index in [1.54, 1.807) is 0 Å². The lowest BCUT2D eigenvalue weighted by Crippen LogP contribution is -2.41. The third-order valence-electron chi connectivity index (χ3n) is 3.21. The fraction of sp³-hybridized carbons (Fsp3) is 0.417. The quantitative estimate of drug-likeness (QED) is 0.480. The van der Waals surface area contributed by atoms with Crippen molar-refractivity contribution in [2.24, 2.45) is 0 Å². The van der Waals surface area contributed by atoms with Gasteiger partial charge in [-0.15, -0.1) is 0 Å². The summed E-state index contributed by atoms with van der Waals surface area (Å²) in [6, 6.07) is 0.767. The Morgan fingerprint density at radius 3 is 2.47 bits per heavy atom. The fourth-order valence-corrected chi connectivity index (χ4v) is 2.31. The minimum absolute atomic E-state index is 0.356. The van der Waals surface area contributed by atoms with Crippen LogP contribution in [-0.4, -0.2) is 23.8 Å². The minimum atomic E-state index is -1.01. The molecule has 0 bridgehead atoms. The van der Waals surface area contributed by atoms with Crippen LogP contribution in [0.5, 0.6) is 0 Å². The van der Waals surface area contributed by atoms with Crippen molar-refractivity contribution in [3.05, 3.63) is 33.9 Å². The number of carbonyl (C=O) groups is 1.